The lowest BCUT2D eigenvalue weighted by Gasteiger charge is -2.35. The van der Waals surface area contributed by atoms with Crippen LogP contribution in [0.1, 0.15) is 26.2 Å². The Kier molecular flexibility index (Phi) is 6.60. The SMILES string of the molecule is COCCCC(N)C(=O)NC1CCN(C)CC1C. The van der Waals surface area contributed by atoms with E-state index < -0.39 is 6.04 Å². The van der Waals surface area contributed by atoms with Gasteiger partial charge in [0.15, 0.2) is 0 Å². The Bertz CT molecular complexity index is 261. The van der Waals surface area contributed by atoms with Crippen LogP contribution in [0.3, 0.4) is 0 Å². The second-order valence-corrected chi connectivity index (χ2v) is 5.38. The number of carbonyl (C=O) groups excluding carboxylic acids is 1. The molecule has 18 heavy (non-hydrogen) atoms. The number of ether oxygens (including phenoxy) is 1. The summed E-state index contributed by atoms with van der Waals surface area (Å²) in [7, 11) is 3.77. The van der Waals surface area contributed by atoms with Gasteiger partial charge in [-0.05, 0) is 38.8 Å². The molecule has 0 aromatic heterocycles. The Hall–Kier alpha value is -0.650. The van der Waals surface area contributed by atoms with Crippen molar-refractivity contribution in [3.63, 3.8) is 0 Å². The molecule has 1 fully saturated rings. The summed E-state index contributed by atoms with van der Waals surface area (Å²) in [5.74, 6) is 0.464. The van der Waals surface area contributed by atoms with Gasteiger partial charge in [0, 0.05) is 26.3 Å². The van der Waals surface area contributed by atoms with E-state index in [2.05, 4.69) is 24.2 Å². The van der Waals surface area contributed by atoms with Crippen LogP contribution in [0, 0.1) is 5.92 Å². The predicted molar refractivity (Wildman–Crippen MR) is 72.3 cm³/mol. The van der Waals surface area contributed by atoms with Gasteiger partial charge in [-0.2, -0.15) is 0 Å². The number of nitrogens with two attached hydrogens (primary N) is 1. The third-order valence-corrected chi connectivity index (χ3v) is 3.64. The molecule has 1 amide bonds. The van der Waals surface area contributed by atoms with Gasteiger partial charge >= 0.3 is 0 Å². The van der Waals surface area contributed by atoms with Crippen molar-refractivity contribution in [3.8, 4) is 0 Å². The number of rotatable bonds is 6. The molecule has 0 spiro atoms. The lowest BCUT2D eigenvalue weighted by Crippen LogP contribution is -2.52. The molecular formula is C13H27N3O2. The van der Waals surface area contributed by atoms with Crippen LogP contribution in [-0.2, 0) is 9.53 Å². The molecule has 1 saturated heterocycles. The fraction of sp³-hybridized carbons (Fsp3) is 0.923. The first kappa shape index (κ1) is 15.4. The normalized spacial score (nSPS) is 26.9. The summed E-state index contributed by atoms with van der Waals surface area (Å²) in [6, 6.07) is -0.144. The number of hydrogen-bond acceptors (Lipinski definition) is 4. The fourth-order valence-electron chi connectivity index (χ4n) is 2.44. The van der Waals surface area contributed by atoms with Crippen LogP contribution >= 0.6 is 0 Å². The van der Waals surface area contributed by atoms with Crippen LogP contribution in [0.5, 0.6) is 0 Å². The zero-order valence-electron chi connectivity index (χ0n) is 11.8. The molecule has 0 saturated carbocycles. The monoisotopic (exact) mass is 257 g/mol. The molecule has 3 atom stereocenters. The standard InChI is InChI=1S/C13H27N3O2/c1-10-9-16(2)7-6-12(10)15-13(17)11(14)5-4-8-18-3/h10-12H,4-9,14H2,1-3H3,(H,15,17). The van der Waals surface area contributed by atoms with Crippen LogP contribution in [0.2, 0.25) is 0 Å². The fourth-order valence-corrected chi connectivity index (χ4v) is 2.44. The van der Waals surface area contributed by atoms with Crippen molar-refractivity contribution in [1.29, 1.82) is 0 Å². The Balaban J connectivity index is 2.30. The Labute approximate surface area is 110 Å². The molecular weight excluding hydrogens is 230 g/mol. The minimum absolute atomic E-state index is 0.0208. The molecule has 5 heteroatoms. The van der Waals surface area contributed by atoms with E-state index in [9.17, 15) is 4.79 Å². The molecule has 0 aromatic carbocycles. The number of nitrogens with one attached hydrogen (secondary N) is 1. The molecule has 106 valence electrons. The summed E-state index contributed by atoms with van der Waals surface area (Å²) in [4.78, 5) is 14.2. The maximum atomic E-state index is 11.9. The number of hydrogen-bond donors (Lipinski definition) is 2. The minimum atomic E-state index is -0.410. The maximum absolute atomic E-state index is 11.9. The first-order valence-corrected chi connectivity index (χ1v) is 6.78. The number of piperidine rings is 1. The first-order chi connectivity index (χ1) is 8.54. The smallest absolute Gasteiger partial charge is 0.237 e. The van der Waals surface area contributed by atoms with Gasteiger partial charge in [-0.1, -0.05) is 6.92 Å². The van der Waals surface area contributed by atoms with E-state index >= 15 is 0 Å². The highest BCUT2D eigenvalue weighted by molar-refractivity contribution is 5.81. The van der Waals surface area contributed by atoms with Crippen molar-refractivity contribution >= 4 is 5.91 Å². The van der Waals surface area contributed by atoms with Crippen LogP contribution in [0.15, 0.2) is 0 Å². The van der Waals surface area contributed by atoms with E-state index in [1.165, 1.54) is 0 Å². The summed E-state index contributed by atoms with van der Waals surface area (Å²) in [5.41, 5.74) is 5.87. The van der Waals surface area contributed by atoms with Crippen molar-refractivity contribution in [2.24, 2.45) is 11.7 Å². The van der Waals surface area contributed by atoms with E-state index in [-0.39, 0.29) is 11.9 Å². The second-order valence-electron chi connectivity index (χ2n) is 5.38. The third kappa shape index (κ3) is 4.92. The minimum Gasteiger partial charge on any atom is -0.385 e. The zero-order chi connectivity index (χ0) is 13.5. The molecule has 0 aliphatic carbocycles. The lowest BCUT2D eigenvalue weighted by molar-refractivity contribution is -0.124. The topological polar surface area (TPSA) is 67.6 Å². The predicted octanol–water partition coefficient (Wildman–Crippen LogP) is 0.197. The van der Waals surface area contributed by atoms with Gasteiger partial charge in [-0.3, -0.25) is 4.79 Å². The maximum Gasteiger partial charge on any atom is 0.237 e. The molecule has 1 aliphatic heterocycles. The quantitative estimate of drug-likeness (QED) is 0.667. The molecule has 1 rings (SSSR count). The van der Waals surface area contributed by atoms with E-state index in [1.54, 1.807) is 7.11 Å². The molecule has 1 heterocycles. The van der Waals surface area contributed by atoms with Gasteiger partial charge in [-0.25, -0.2) is 0 Å². The molecule has 5 nitrogen and oxygen atoms in total. The van der Waals surface area contributed by atoms with Crippen LogP contribution in [0.25, 0.3) is 0 Å². The highest BCUT2D eigenvalue weighted by atomic mass is 16.5. The highest BCUT2D eigenvalue weighted by Gasteiger charge is 2.26. The summed E-state index contributed by atoms with van der Waals surface area (Å²) in [6.45, 7) is 4.90. The van der Waals surface area contributed by atoms with E-state index in [4.69, 9.17) is 10.5 Å². The van der Waals surface area contributed by atoms with Gasteiger partial charge in [0.25, 0.3) is 0 Å². The van der Waals surface area contributed by atoms with Gasteiger partial charge in [0.05, 0.1) is 6.04 Å². The molecule has 3 unspecified atom stereocenters. The number of methoxy groups -OCH3 is 1. The van der Waals surface area contributed by atoms with Crippen LogP contribution in [-0.4, -0.2) is 56.7 Å². The number of likely N-dealkylation sites (tertiary alicyclic amines) is 1. The van der Waals surface area contributed by atoms with Crippen molar-refractivity contribution in [3.05, 3.63) is 0 Å². The van der Waals surface area contributed by atoms with Crippen molar-refractivity contribution in [1.82, 2.24) is 10.2 Å². The van der Waals surface area contributed by atoms with Gasteiger partial charge < -0.3 is 20.7 Å². The molecule has 0 aromatic rings. The second kappa shape index (κ2) is 7.71. The van der Waals surface area contributed by atoms with E-state index in [1.807, 2.05) is 0 Å². The van der Waals surface area contributed by atoms with Gasteiger partial charge in [0.2, 0.25) is 5.91 Å². The summed E-state index contributed by atoms with van der Waals surface area (Å²) >= 11 is 0. The van der Waals surface area contributed by atoms with Crippen LogP contribution in [0.4, 0.5) is 0 Å². The molecule has 1 aliphatic rings. The zero-order valence-corrected chi connectivity index (χ0v) is 11.8. The summed E-state index contributed by atoms with van der Waals surface area (Å²) in [6.07, 6.45) is 2.52. The van der Waals surface area contributed by atoms with Gasteiger partial charge in [0.1, 0.15) is 0 Å². The summed E-state index contributed by atoms with van der Waals surface area (Å²) in [5, 5.41) is 3.08. The molecule has 3 N–H and O–H groups in total. The average molecular weight is 257 g/mol. The number of amides is 1. The molecule has 0 radical (unpaired) electrons. The van der Waals surface area contributed by atoms with Crippen molar-refractivity contribution in [2.45, 2.75) is 38.3 Å². The van der Waals surface area contributed by atoms with E-state index in [0.717, 1.165) is 25.9 Å². The first-order valence-electron chi connectivity index (χ1n) is 6.78. The molecule has 0 bridgehead atoms. The largest absolute Gasteiger partial charge is 0.385 e. The van der Waals surface area contributed by atoms with E-state index in [0.29, 0.717) is 18.9 Å². The Morgan fingerprint density at radius 3 is 2.94 bits per heavy atom. The Morgan fingerprint density at radius 2 is 2.33 bits per heavy atom. The van der Waals surface area contributed by atoms with Gasteiger partial charge in [-0.15, -0.1) is 0 Å². The summed E-state index contributed by atoms with van der Waals surface area (Å²) < 4.78 is 4.96. The third-order valence-electron chi connectivity index (χ3n) is 3.64. The van der Waals surface area contributed by atoms with Crippen molar-refractivity contribution in [2.75, 3.05) is 33.9 Å². The van der Waals surface area contributed by atoms with Crippen LogP contribution < -0.4 is 11.1 Å². The number of nitrogens with zero attached hydrogens (tertiary/aromatic N) is 1. The highest BCUT2D eigenvalue weighted by Crippen LogP contribution is 2.15. The Morgan fingerprint density at radius 1 is 1.61 bits per heavy atom. The average Bonchev–Trinajstić information content (AvgIpc) is 2.32. The van der Waals surface area contributed by atoms with Crippen molar-refractivity contribution < 1.29 is 9.53 Å². The number of carbonyl (C=O) groups is 1. The lowest BCUT2D eigenvalue weighted by atomic mass is 9.94.